The van der Waals surface area contributed by atoms with Gasteiger partial charge in [-0.3, -0.25) is 10.4 Å². The maximum absolute atomic E-state index is 5.39. The van der Waals surface area contributed by atoms with Gasteiger partial charge < -0.3 is 5.32 Å². The summed E-state index contributed by atoms with van der Waals surface area (Å²) in [5.74, 6) is 5.98. The van der Waals surface area contributed by atoms with E-state index in [1.807, 2.05) is 25.1 Å². The first-order valence-electron chi connectivity index (χ1n) is 5.21. The fourth-order valence-corrected chi connectivity index (χ4v) is 1.72. The molecule has 88 valence electrons. The van der Waals surface area contributed by atoms with Crippen LogP contribution in [-0.4, -0.2) is 12.5 Å². The maximum atomic E-state index is 5.39. The minimum absolute atomic E-state index is 0.590. The number of anilines is 1. The van der Waals surface area contributed by atoms with Gasteiger partial charge in [0, 0.05) is 16.7 Å². The van der Waals surface area contributed by atoms with E-state index in [1.165, 1.54) is 0 Å². The van der Waals surface area contributed by atoms with E-state index in [1.54, 1.807) is 0 Å². The van der Waals surface area contributed by atoms with Crippen molar-refractivity contribution in [3.63, 3.8) is 0 Å². The first kappa shape index (κ1) is 13.0. The van der Waals surface area contributed by atoms with E-state index in [4.69, 9.17) is 5.84 Å². The van der Waals surface area contributed by atoms with Gasteiger partial charge >= 0.3 is 0 Å². The molecule has 4 N–H and O–H groups in total. The van der Waals surface area contributed by atoms with Gasteiger partial charge in [0.25, 0.3) is 0 Å². The SMILES string of the molecule is CCCN=C(NN)Nc1ccc(Br)cc1C. The van der Waals surface area contributed by atoms with Gasteiger partial charge in [-0.05, 0) is 37.1 Å². The summed E-state index contributed by atoms with van der Waals surface area (Å²) in [4.78, 5) is 4.28. The number of halogens is 1. The Labute approximate surface area is 104 Å². The second-order valence-electron chi connectivity index (χ2n) is 3.46. The molecule has 0 saturated heterocycles. The molecule has 4 nitrogen and oxygen atoms in total. The Kier molecular flexibility index (Phi) is 5.28. The number of nitrogens with one attached hydrogen (secondary N) is 2. The zero-order valence-electron chi connectivity index (χ0n) is 9.55. The molecule has 0 aromatic heterocycles. The number of nitrogens with zero attached hydrogens (tertiary/aromatic N) is 1. The molecule has 0 heterocycles. The highest BCUT2D eigenvalue weighted by Gasteiger charge is 2.01. The molecule has 0 aliphatic heterocycles. The van der Waals surface area contributed by atoms with Crippen LogP contribution in [0.15, 0.2) is 27.7 Å². The van der Waals surface area contributed by atoms with E-state index in [2.05, 4.69) is 38.6 Å². The molecule has 0 amide bonds. The van der Waals surface area contributed by atoms with Crippen LogP contribution in [0.25, 0.3) is 0 Å². The molecule has 0 atom stereocenters. The van der Waals surface area contributed by atoms with Crippen molar-refractivity contribution >= 4 is 27.6 Å². The smallest absolute Gasteiger partial charge is 0.210 e. The standard InChI is InChI=1S/C11H17BrN4/c1-3-6-14-11(16-13)15-10-5-4-9(12)7-8(10)2/h4-5,7H,3,6,13H2,1-2H3,(H2,14,15,16). The summed E-state index contributed by atoms with van der Waals surface area (Å²) in [7, 11) is 0. The summed E-state index contributed by atoms with van der Waals surface area (Å²) < 4.78 is 1.06. The molecular weight excluding hydrogens is 268 g/mol. The molecule has 0 fully saturated rings. The second kappa shape index (κ2) is 6.50. The lowest BCUT2D eigenvalue weighted by molar-refractivity contribution is 0.905. The average molecular weight is 285 g/mol. The van der Waals surface area contributed by atoms with E-state index in [9.17, 15) is 0 Å². The topological polar surface area (TPSA) is 62.4 Å². The molecular formula is C11H17BrN4. The molecule has 0 radical (unpaired) electrons. The Morgan fingerprint density at radius 1 is 1.50 bits per heavy atom. The highest BCUT2D eigenvalue weighted by molar-refractivity contribution is 9.10. The third-order valence-electron chi connectivity index (χ3n) is 2.07. The second-order valence-corrected chi connectivity index (χ2v) is 4.37. The molecule has 1 aromatic rings. The molecule has 0 saturated carbocycles. The summed E-state index contributed by atoms with van der Waals surface area (Å²) in [5.41, 5.74) is 4.68. The number of nitrogens with two attached hydrogens (primary N) is 1. The summed E-state index contributed by atoms with van der Waals surface area (Å²) in [5, 5.41) is 3.15. The van der Waals surface area contributed by atoms with Crippen molar-refractivity contribution in [3.05, 3.63) is 28.2 Å². The third kappa shape index (κ3) is 3.83. The first-order valence-corrected chi connectivity index (χ1v) is 6.01. The number of aliphatic imine (C=N–C) groups is 1. The van der Waals surface area contributed by atoms with Crippen LogP contribution in [0, 0.1) is 6.92 Å². The highest BCUT2D eigenvalue weighted by Crippen LogP contribution is 2.19. The summed E-state index contributed by atoms with van der Waals surface area (Å²) >= 11 is 3.42. The van der Waals surface area contributed by atoms with Crippen molar-refractivity contribution < 1.29 is 0 Å². The molecule has 0 bridgehead atoms. The minimum Gasteiger partial charge on any atom is -0.325 e. The molecule has 1 rings (SSSR count). The van der Waals surface area contributed by atoms with E-state index < -0.39 is 0 Å². The van der Waals surface area contributed by atoms with Crippen LogP contribution in [0.1, 0.15) is 18.9 Å². The van der Waals surface area contributed by atoms with Gasteiger partial charge in [0.1, 0.15) is 0 Å². The van der Waals surface area contributed by atoms with Crippen LogP contribution in [0.2, 0.25) is 0 Å². The molecule has 16 heavy (non-hydrogen) atoms. The van der Waals surface area contributed by atoms with Gasteiger partial charge in [-0.2, -0.15) is 0 Å². The highest BCUT2D eigenvalue weighted by atomic mass is 79.9. The molecule has 5 heteroatoms. The maximum Gasteiger partial charge on any atom is 0.210 e. The van der Waals surface area contributed by atoms with Crippen LogP contribution in [-0.2, 0) is 0 Å². The minimum atomic E-state index is 0.590. The van der Waals surface area contributed by atoms with Crippen LogP contribution in [0.4, 0.5) is 5.69 Å². The van der Waals surface area contributed by atoms with E-state index >= 15 is 0 Å². The summed E-state index contributed by atoms with van der Waals surface area (Å²) in [6.07, 6.45) is 0.992. The van der Waals surface area contributed by atoms with E-state index in [0.29, 0.717) is 5.96 Å². The van der Waals surface area contributed by atoms with E-state index in [-0.39, 0.29) is 0 Å². The molecule has 1 aromatic carbocycles. The van der Waals surface area contributed by atoms with Crippen LogP contribution in [0.3, 0.4) is 0 Å². The van der Waals surface area contributed by atoms with Gasteiger partial charge in [-0.15, -0.1) is 0 Å². The zero-order valence-corrected chi connectivity index (χ0v) is 11.1. The number of benzene rings is 1. The van der Waals surface area contributed by atoms with Crippen LogP contribution in [0.5, 0.6) is 0 Å². The van der Waals surface area contributed by atoms with Gasteiger partial charge in [0.05, 0.1) is 0 Å². The van der Waals surface area contributed by atoms with Crippen molar-refractivity contribution in [1.29, 1.82) is 0 Å². The fourth-order valence-electron chi connectivity index (χ4n) is 1.24. The van der Waals surface area contributed by atoms with Gasteiger partial charge in [0.2, 0.25) is 5.96 Å². The van der Waals surface area contributed by atoms with Crippen LogP contribution >= 0.6 is 15.9 Å². The van der Waals surface area contributed by atoms with Crippen molar-refractivity contribution in [2.24, 2.45) is 10.8 Å². The van der Waals surface area contributed by atoms with Crippen molar-refractivity contribution in [2.45, 2.75) is 20.3 Å². The molecule has 0 aliphatic carbocycles. The van der Waals surface area contributed by atoms with Crippen molar-refractivity contribution in [2.75, 3.05) is 11.9 Å². The first-order chi connectivity index (χ1) is 7.67. The Morgan fingerprint density at radius 3 is 2.81 bits per heavy atom. The Hall–Kier alpha value is -1.07. The van der Waals surface area contributed by atoms with Gasteiger partial charge in [-0.25, -0.2) is 5.84 Å². The molecule has 0 unspecified atom stereocenters. The molecule has 0 aliphatic rings. The lowest BCUT2D eigenvalue weighted by Crippen LogP contribution is -2.36. The Morgan fingerprint density at radius 2 is 2.25 bits per heavy atom. The summed E-state index contributed by atoms with van der Waals surface area (Å²) in [6, 6.07) is 6.00. The quantitative estimate of drug-likeness (QED) is 0.346. The number of aryl methyl sites for hydroxylation is 1. The molecule has 0 spiro atoms. The normalized spacial score (nSPS) is 11.4. The number of rotatable bonds is 3. The largest absolute Gasteiger partial charge is 0.325 e. The fraction of sp³-hybridized carbons (Fsp3) is 0.364. The van der Waals surface area contributed by atoms with Crippen molar-refractivity contribution in [1.82, 2.24) is 5.43 Å². The van der Waals surface area contributed by atoms with E-state index in [0.717, 1.165) is 28.7 Å². The monoisotopic (exact) mass is 284 g/mol. The van der Waals surface area contributed by atoms with Crippen LogP contribution < -0.4 is 16.6 Å². The number of guanidine groups is 1. The van der Waals surface area contributed by atoms with Gasteiger partial charge in [0.15, 0.2) is 0 Å². The summed E-state index contributed by atoms with van der Waals surface area (Å²) in [6.45, 7) is 4.85. The Bertz CT molecular complexity index is 376. The lowest BCUT2D eigenvalue weighted by Gasteiger charge is -2.11. The lowest BCUT2D eigenvalue weighted by atomic mass is 10.2. The zero-order chi connectivity index (χ0) is 12.0. The average Bonchev–Trinajstić information content (AvgIpc) is 2.27. The number of hydrazine groups is 1. The van der Waals surface area contributed by atoms with Gasteiger partial charge in [-0.1, -0.05) is 22.9 Å². The Balaban J connectivity index is 2.78. The predicted octanol–water partition coefficient (Wildman–Crippen LogP) is 2.40. The number of hydrogen-bond donors (Lipinski definition) is 3. The number of hydrogen-bond acceptors (Lipinski definition) is 2. The predicted molar refractivity (Wildman–Crippen MR) is 72.4 cm³/mol. The van der Waals surface area contributed by atoms with Crippen molar-refractivity contribution in [3.8, 4) is 0 Å². The third-order valence-corrected chi connectivity index (χ3v) is 2.57.